The molecule has 2 heteroatoms. The smallest absolute Gasteiger partial charge is 0.0210 e. The topological polar surface area (TPSA) is 26.0 Å². The number of halogens is 1. The largest absolute Gasteiger partial charge is 0.330 e. The van der Waals surface area contributed by atoms with E-state index in [0.717, 1.165) is 13.0 Å². The molecule has 0 fully saturated rings. The van der Waals surface area contributed by atoms with Gasteiger partial charge in [0.1, 0.15) is 0 Å². The van der Waals surface area contributed by atoms with Gasteiger partial charge in [-0.25, -0.2) is 0 Å². The molecule has 0 saturated carbocycles. The molecule has 1 aromatic carbocycles. The normalized spacial score (nSPS) is 12.7. The molecule has 0 aliphatic carbocycles. The molecule has 0 spiro atoms. The minimum atomic E-state index is 0.637. The van der Waals surface area contributed by atoms with Gasteiger partial charge in [0.15, 0.2) is 0 Å². The second kappa shape index (κ2) is 7.02. The van der Waals surface area contributed by atoms with Crippen molar-refractivity contribution in [2.24, 2.45) is 5.73 Å². The van der Waals surface area contributed by atoms with Gasteiger partial charge in [-0.05, 0) is 36.9 Å². The Kier molecular flexibility index (Phi) is 5.96. The van der Waals surface area contributed by atoms with Crippen molar-refractivity contribution >= 4 is 15.9 Å². The van der Waals surface area contributed by atoms with Crippen molar-refractivity contribution in [2.45, 2.75) is 38.5 Å². The molecule has 1 aromatic rings. The Morgan fingerprint density at radius 3 is 2.60 bits per heavy atom. The number of rotatable bonds is 6. The van der Waals surface area contributed by atoms with Crippen LogP contribution in [-0.2, 0) is 0 Å². The number of benzene rings is 1. The van der Waals surface area contributed by atoms with Gasteiger partial charge in [0.05, 0.1) is 0 Å². The predicted molar refractivity (Wildman–Crippen MR) is 70.1 cm³/mol. The standard InChI is InChI=1S/C13H20BrN/c1-11(7-3-2-6-10-15)12-8-4-5-9-13(12)14/h4-5,8-9,11H,2-3,6-7,10,15H2,1H3. The maximum Gasteiger partial charge on any atom is 0.0210 e. The molecule has 0 saturated heterocycles. The van der Waals surface area contributed by atoms with E-state index in [0.29, 0.717) is 5.92 Å². The Morgan fingerprint density at radius 1 is 1.20 bits per heavy atom. The summed E-state index contributed by atoms with van der Waals surface area (Å²) in [6.07, 6.45) is 4.94. The molecule has 1 rings (SSSR count). The summed E-state index contributed by atoms with van der Waals surface area (Å²) in [6.45, 7) is 3.12. The van der Waals surface area contributed by atoms with E-state index in [4.69, 9.17) is 5.73 Å². The molecule has 84 valence electrons. The summed E-state index contributed by atoms with van der Waals surface area (Å²) in [7, 11) is 0. The van der Waals surface area contributed by atoms with Crippen molar-refractivity contribution in [3.05, 3.63) is 34.3 Å². The maximum absolute atomic E-state index is 5.47. The molecule has 2 N–H and O–H groups in total. The van der Waals surface area contributed by atoms with Gasteiger partial charge in [0.2, 0.25) is 0 Å². The first-order chi connectivity index (χ1) is 7.25. The van der Waals surface area contributed by atoms with Gasteiger partial charge < -0.3 is 5.73 Å². The Balaban J connectivity index is 2.40. The highest BCUT2D eigenvalue weighted by molar-refractivity contribution is 9.10. The fraction of sp³-hybridized carbons (Fsp3) is 0.538. The summed E-state index contributed by atoms with van der Waals surface area (Å²) in [4.78, 5) is 0. The van der Waals surface area contributed by atoms with Gasteiger partial charge in [-0.2, -0.15) is 0 Å². The lowest BCUT2D eigenvalue weighted by atomic mass is 9.95. The van der Waals surface area contributed by atoms with E-state index in [2.05, 4.69) is 47.1 Å². The van der Waals surface area contributed by atoms with Crippen LogP contribution >= 0.6 is 15.9 Å². The summed E-state index contributed by atoms with van der Waals surface area (Å²) < 4.78 is 1.23. The molecule has 0 aromatic heterocycles. The van der Waals surface area contributed by atoms with Crippen LogP contribution in [-0.4, -0.2) is 6.54 Å². The van der Waals surface area contributed by atoms with E-state index in [1.54, 1.807) is 0 Å². The first-order valence-electron chi connectivity index (χ1n) is 5.70. The second-order valence-electron chi connectivity index (χ2n) is 4.06. The van der Waals surface area contributed by atoms with Crippen LogP contribution in [0.15, 0.2) is 28.7 Å². The highest BCUT2D eigenvalue weighted by atomic mass is 79.9. The van der Waals surface area contributed by atoms with Gasteiger partial charge in [0, 0.05) is 4.47 Å². The maximum atomic E-state index is 5.47. The molecule has 0 bridgehead atoms. The lowest BCUT2D eigenvalue weighted by molar-refractivity contribution is 0.587. The monoisotopic (exact) mass is 269 g/mol. The zero-order valence-corrected chi connectivity index (χ0v) is 11.0. The summed E-state index contributed by atoms with van der Waals surface area (Å²) in [5.74, 6) is 0.637. The molecule has 1 nitrogen and oxygen atoms in total. The van der Waals surface area contributed by atoms with Crippen LogP contribution in [0.2, 0.25) is 0 Å². The third-order valence-electron chi connectivity index (χ3n) is 2.78. The van der Waals surface area contributed by atoms with Crippen LogP contribution in [0.5, 0.6) is 0 Å². The highest BCUT2D eigenvalue weighted by Gasteiger charge is 2.07. The molecule has 0 aliphatic rings. The fourth-order valence-electron chi connectivity index (χ4n) is 1.80. The summed E-state index contributed by atoms with van der Waals surface area (Å²) in [5.41, 5.74) is 6.89. The van der Waals surface area contributed by atoms with Crippen LogP contribution < -0.4 is 5.73 Å². The van der Waals surface area contributed by atoms with E-state index in [9.17, 15) is 0 Å². The molecule has 15 heavy (non-hydrogen) atoms. The van der Waals surface area contributed by atoms with Gasteiger partial charge in [-0.15, -0.1) is 0 Å². The van der Waals surface area contributed by atoms with Gasteiger partial charge in [-0.1, -0.05) is 53.9 Å². The predicted octanol–water partition coefficient (Wildman–Crippen LogP) is 4.07. The quantitative estimate of drug-likeness (QED) is 0.775. The SMILES string of the molecule is CC(CCCCCN)c1ccccc1Br. The van der Waals surface area contributed by atoms with Crippen molar-refractivity contribution in [3.8, 4) is 0 Å². The fourth-order valence-corrected chi connectivity index (χ4v) is 2.48. The zero-order chi connectivity index (χ0) is 11.1. The summed E-state index contributed by atoms with van der Waals surface area (Å²) >= 11 is 3.60. The van der Waals surface area contributed by atoms with Gasteiger partial charge in [0.25, 0.3) is 0 Å². The van der Waals surface area contributed by atoms with Crippen LogP contribution in [0.25, 0.3) is 0 Å². The van der Waals surface area contributed by atoms with Crippen LogP contribution in [0.4, 0.5) is 0 Å². The Labute approximate surface area is 101 Å². The number of hydrogen-bond donors (Lipinski definition) is 1. The molecule has 0 heterocycles. The molecule has 1 unspecified atom stereocenters. The lowest BCUT2D eigenvalue weighted by Crippen LogP contribution is -1.99. The first-order valence-corrected chi connectivity index (χ1v) is 6.49. The highest BCUT2D eigenvalue weighted by Crippen LogP contribution is 2.28. The summed E-state index contributed by atoms with van der Waals surface area (Å²) in [6, 6.07) is 8.49. The molecular formula is C13H20BrN. The van der Waals surface area contributed by atoms with Crippen molar-refractivity contribution in [1.82, 2.24) is 0 Å². The Hall–Kier alpha value is -0.340. The van der Waals surface area contributed by atoms with Crippen molar-refractivity contribution in [3.63, 3.8) is 0 Å². The van der Waals surface area contributed by atoms with Crippen molar-refractivity contribution in [2.75, 3.05) is 6.54 Å². The van der Waals surface area contributed by atoms with Gasteiger partial charge in [-0.3, -0.25) is 0 Å². The van der Waals surface area contributed by atoms with Crippen LogP contribution in [0.1, 0.15) is 44.1 Å². The first kappa shape index (κ1) is 12.7. The second-order valence-corrected chi connectivity index (χ2v) is 4.91. The van der Waals surface area contributed by atoms with Crippen LogP contribution in [0.3, 0.4) is 0 Å². The Morgan fingerprint density at radius 2 is 1.93 bits per heavy atom. The molecule has 1 atom stereocenters. The minimum absolute atomic E-state index is 0.637. The van der Waals surface area contributed by atoms with Crippen molar-refractivity contribution < 1.29 is 0 Å². The third-order valence-corrected chi connectivity index (χ3v) is 3.50. The molecule has 0 aliphatic heterocycles. The number of hydrogen-bond acceptors (Lipinski definition) is 1. The van der Waals surface area contributed by atoms with E-state index in [1.165, 1.54) is 29.3 Å². The van der Waals surface area contributed by atoms with Crippen molar-refractivity contribution in [1.29, 1.82) is 0 Å². The van der Waals surface area contributed by atoms with E-state index in [1.807, 2.05) is 0 Å². The summed E-state index contributed by atoms with van der Waals surface area (Å²) in [5, 5.41) is 0. The number of unbranched alkanes of at least 4 members (excludes halogenated alkanes) is 2. The average molecular weight is 270 g/mol. The third kappa shape index (κ3) is 4.35. The molecular weight excluding hydrogens is 250 g/mol. The average Bonchev–Trinajstić information content (AvgIpc) is 2.25. The Bertz CT molecular complexity index is 286. The van der Waals surface area contributed by atoms with E-state index >= 15 is 0 Å². The minimum Gasteiger partial charge on any atom is -0.330 e. The lowest BCUT2D eigenvalue weighted by Gasteiger charge is -2.13. The van der Waals surface area contributed by atoms with E-state index in [-0.39, 0.29) is 0 Å². The number of nitrogens with two attached hydrogens (primary N) is 1. The van der Waals surface area contributed by atoms with E-state index < -0.39 is 0 Å². The molecule has 0 radical (unpaired) electrons. The van der Waals surface area contributed by atoms with Crippen LogP contribution in [0, 0.1) is 0 Å². The van der Waals surface area contributed by atoms with Gasteiger partial charge >= 0.3 is 0 Å². The zero-order valence-electron chi connectivity index (χ0n) is 9.38. The molecule has 0 amide bonds.